The third kappa shape index (κ3) is 3.08. The molecule has 0 aliphatic rings. The largest absolute Gasteiger partial charge is 0.497 e. The highest BCUT2D eigenvalue weighted by molar-refractivity contribution is 8.00. The van der Waals surface area contributed by atoms with Crippen molar-refractivity contribution >= 4 is 28.2 Å². The molecule has 0 saturated heterocycles. The molecule has 0 bridgehead atoms. The Morgan fingerprint density at radius 1 is 1.33 bits per heavy atom. The fourth-order valence-electron chi connectivity index (χ4n) is 1.48. The average Bonchev–Trinajstić information content (AvgIpc) is 2.81. The number of benzene rings is 1. The summed E-state index contributed by atoms with van der Waals surface area (Å²) in [6.07, 6.45) is 1.79. The zero-order valence-electron chi connectivity index (χ0n) is 10.2. The van der Waals surface area contributed by atoms with Crippen LogP contribution in [-0.2, 0) is 5.75 Å². The van der Waals surface area contributed by atoms with E-state index < -0.39 is 0 Å². The molecule has 4 nitrogen and oxygen atoms in total. The van der Waals surface area contributed by atoms with E-state index in [0.29, 0.717) is 5.13 Å². The van der Waals surface area contributed by atoms with Crippen LogP contribution >= 0.6 is 23.1 Å². The fourth-order valence-corrected chi connectivity index (χ4v) is 3.22. The van der Waals surface area contributed by atoms with Crippen LogP contribution in [0, 0.1) is 0 Å². The average molecular weight is 282 g/mol. The number of methoxy groups -OCH3 is 2. The molecule has 0 aliphatic carbocycles. The first-order valence-corrected chi connectivity index (χ1v) is 7.08. The molecule has 96 valence electrons. The SMILES string of the molecule is COc1ccc(OC)c(CSc2cnc(N)s2)c1. The Balaban J connectivity index is 2.11. The van der Waals surface area contributed by atoms with Crippen molar-refractivity contribution in [1.29, 1.82) is 0 Å². The van der Waals surface area contributed by atoms with E-state index in [-0.39, 0.29) is 0 Å². The second-order valence-electron chi connectivity index (χ2n) is 3.48. The molecule has 1 aromatic carbocycles. The van der Waals surface area contributed by atoms with Crippen molar-refractivity contribution in [3.8, 4) is 11.5 Å². The zero-order chi connectivity index (χ0) is 13.0. The van der Waals surface area contributed by atoms with Gasteiger partial charge in [-0.2, -0.15) is 0 Å². The summed E-state index contributed by atoms with van der Waals surface area (Å²) < 4.78 is 11.6. The molecular weight excluding hydrogens is 268 g/mol. The number of thiazole rings is 1. The Hall–Kier alpha value is -1.40. The quantitative estimate of drug-likeness (QED) is 0.854. The molecule has 0 atom stereocenters. The summed E-state index contributed by atoms with van der Waals surface area (Å²) in [6, 6.07) is 5.78. The second kappa shape index (κ2) is 5.97. The molecule has 2 rings (SSSR count). The number of nitrogens with zero attached hydrogens (tertiary/aromatic N) is 1. The summed E-state index contributed by atoms with van der Waals surface area (Å²) in [5.41, 5.74) is 6.69. The Kier molecular flexibility index (Phi) is 4.33. The van der Waals surface area contributed by atoms with Gasteiger partial charge in [0, 0.05) is 11.3 Å². The van der Waals surface area contributed by atoms with Gasteiger partial charge in [0.15, 0.2) is 5.13 Å². The van der Waals surface area contributed by atoms with Gasteiger partial charge in [-0.1, -0.05) is 11.3 Å². The zero-order valence-corrected chi connectivity index (χ0v) is 11.8. The van der Waals surface area contributed by atoms with Crippen LogP contribution in [0.3, 0.4) is 0 Å². The van der Waals surface area contributed by atoms with Crippen molar-refractivity contribution in [2.24, 2.45) is 0 Å². The third-order valence-corrected chi connectivity index (χ3v) is 4.43. The minimum atomic E-state index is 0.593. The number of hydrogen-bond acceptors (Lipinski definition) is 6. The number of nitrogens with two attached hydrogens (primary N) is 1. The Bertz CT molecular complexity index is 529. The number of anilines is 1. The van der Waals surface area contributed by atoms with Gasteiger partial charge in [0.25, 0.3) is 0 Å². The van der Waals surface area contributed by atoms with Gasteiger partial charge < -0.3 is 15.2 Å². The minimum Gasteiger partial charge on any atom is -0.497 e. The molecular formula is C12H14N2O2S2. The lowest BCUT2D eigenvalue weighted by atomic mass is 10.2. The van der Waals surface area contributed by atoms with E-state index in [9.17, 15) is 0 Å². The minimum absolute atomic E-state index is 0.593. The van der Waals surface area contributed by atoms with Gasteiger partial charge in [-0.15, -0.1) is 11.8 Å². The van der Waals surface area contributed by atoms with Crippen LogP contribution in [0.1, 0.15) is 5.56 Å². The van der Waals surface area contributed by atoms with Crippen LogP contribution in [0.4, 0.5) is 5.13 Å². The molecule has 0 unspecified atom stereocenters. The van der Waals surface area contributed by atoms with Gasteiger partial charge in [0.2, 0.25) is 0 Å². The van der Waals surface area contributed by atoms with Crippen LogP contribution in [0.15, 0.2) is 28.6 Å². The summed E-state index contributed by atoms with van der Waals surface area (Å²) in [5.74, 6) is 2.48. The van der Waals surface area contributed by atoms with Crippen molar-refractivity contribution < 1.29 is 9.47 Å². The molecule has 0 aliphatic heterocycles. The highest BCUT2D eigenvalue weighted by atomic mass is 32.2. The van der Waals surface area contributed by atoms with E-state index in [4.69, 9.17) is 15.2 Å². The molecule has 18 heavy (non-hydrogen) atoms. The van der Waals surface area contributed by atoms with E-state index in [2.05, 4.69) is 4.98 Å². The molecule has 1 aromatic heterocycles. The van der Waals surface area contributed by atoms with Crippen molar-refractivity contribution in [3.63, 3.8) is 0 Å². The summed E-state index contributed by atoms with van der Waals surface area (Å²) in [7, 11) is 3.32. The number of ether oxygens (including phenoxy) is 2. The first-order chi connectivity index (χ1) is 8.72. The van der Waals surface area contributed by atoms with E-state index in [1.54, 1.807) is 32.2 Å². The monoisotopic (exact) mass is 282 g/mol. The van der Waals surface area contributed by atoms with Crippen LogP contribution < -0.4 is 15.2 Å². The molecule has 1 heterocycles. The lowest BCUT2D eigenvalue weighted by Gasteiger charge is -2.09. The molecule has 0 radical (unpaired) electrons. The van der Waals surface area contributed by atoms with E-state index in [1.807, 2.05) is 18.2 Å². The number of nitrogen functional groups attached to an aromatic ring is 1. The maximum absolute atomic E-state index is 5.60. The predicted molar refractivity (Wildman–Crippen MR) is 75.6 cm³/mol. The third-order valence-electron chi connectivity index (χ3n) is 2.36. The van der Waals surface area contributed by atoms with E-state index in [0.717, 1.165) is 27.0 Å². The van der Waals surface area contributed by atoms with Gasteiger partial charge >= 0.3 is 0 Å². The summed E-state index contributed by atoms with van der Waals surface area (Å²) in [6.45, 7) is 0. The van der Waals surface area contributed by atoms with Crippen LogP contribution in [0.25, 0.3) is 0 Å². The first-order valence-electron chi connectivity index (χ1n) is 5.28. The van der Waals surface area contributed by atoms with Crippen molar-refractivity contribution in [3.05, 3.63) is 30.0 Å². The fraction of sp³-hybridized carbons (Fsp3) is 0.250. The smallest absolute Gasteiger partial charge is 0.181 e. The Labute approximate surface area is 114 Å². The van der Waals surface area contributed by atoms with Gasteiger partial charge in [-0.25, -0.2) is 4.98 Å². The van der Waals surface area contributed by atoms with Crippen molar-refractivity contribution in [2.45, 2.75) is 9.96 Å². The highest BCUT2D eigenvalue weighted by Gasteiger charge is 2.07. The van der Waals surface area contributed by atoms with E-state index in [1.165, 1.54) is 11.3 Å². The maximum atomic E-state index is 5.60. The van der Waals surface area contributed by atoms with Crippen LogP contribution in [0.5, 0.6) is 11.5 Å². The van der Waals surface area contributed by atoms with Gasteiger partial charge in [0.1, 0.15) is 11.5 Å². The number of thioether (sulfide) groups is 1. The topological polar surface area (TPSA) is 57.4 Å². The maximum Gasteiger partial charge on any atom is 0.181 e. The van der Waals surface area contributed by atoms with Crippen LogP contribution in [-0.4, -0.2) is 19.2 Å². The second-order valence-corrected chi connectivity index (χ2v) is 5.82. The lowest BCUT2D eigenvalue weighted by Crippen LogP contribution is -1.92. The van der Waals surface area contributed by atoms with Gasteiger partial charge in [-0.3, -0.25) is 0 Å². The Morgan fingerprint density at radius 2 is 2.17 bits per heavy atom. The summed E-state index contributed by atoms with van der Waals surface area (Å²) in [5, 5.41) is 0.593. The number of rotatable bonds is 5. The lowest BCUT2D eigenvalue weighted by molar-refractivity contribution is 0.400. The van der Waals surface area contributed by atoms with E-state index >= 15 is 0 Å². The number of hydrogen-bond donors (Lipinski definition) is 1. The molecule has 2 aromatic rings. The first kappa shape index (κ1) is 13.0. The van der Waals surface area contributed by atoms with Crippen molar-refractivity contribution in [2.75, 3.05) is 20.0 Å². The molecule has 0 fully saturated rings. The summed E-state index contributed by atoms with van der Waals surface area (Å²) >= 11 is 3.17. The molecule has 0 spiro atoms. The molecule has 0 saturated carbocycles. The van der Waals surface area contributed by atoms with Gasteiger partial charge in [0.05, 0.1) is 24.6 Å². The van der Waals surface area contributed by atoms with Gasteiger partial charge in [-0.05, 0) is 18.2 Å². The molecule has 2 N–H and O–H groups in total. The molecule has 0 amide bonds. The Morgan fingerprint density at radius 3 is 2.78 bits per heavy atom. The standard InChI is InChI=1S/C12H14N2O2S2/c1-15-9-3-4-10(16-2)8(5-9)7-17-11-6-14-12(13)18-11/h3-6H,7H2,1-2H3,(H2,13,14). The summed E-state index contributed by atoms with van der Waals surface area (Å²) in [4.78, 5) is 4.02. The van der Waals surface area contributed by atoms with Crippen molar-refractivity contribution in [1.82, 2.24) is 4.98 Å². The molecule has 6 heteroatoms. The number of aromatic nitrogens is 1. The predicted octanol–water partition coefficient (Wildman–Crippen LogP) is 3.03. The van der Waals surface area contributed by atoms with Crippen LogP contribution in [0.2, 0.25) is 0 Å². The highest BCUT2D eigenvalue weighted by Crippen LogP contribution is 2.33. The normalized spacial score (nSPS) is 10.3.